The van der Waals surface area contributed by atoms with Crippen LogP contribution in [0.3, 0.4) is 0 Å². The number of ether oxygens (including phenoxy) is 2. The smallest absolute Gasteiger partial charge is 0.347 e. The number of hydrogen-bond donors (Lipinski definition) is 1. The van der Waals surface area contributed by atoms with Gasteiger partial charge in [0.2, 0.25) is 0 Å². The molecule has 29 heavy (non-hydrogen) atoms. The van der Waals surface area contributed by atoms with Crippen molar-refractivity contribution in [1.29, 1.82) is 0 Å². The van der Waals surface area contributed by atoms with Crippen LogP contribution in [-0.4, -0.2) is 32.3 Å². The monoisotopic (exact) mass is 409 g/mol. The second-order valence-corrected chi connectivity index (χ2v) is 5.10. The third-order valence-corrected chi connectivity index (χ3v) is 2.98. The molecule has 1 N–H and O–H groups in total. The van der Waals surface area contributed by atoms with Gasteiger partial charge in [0, 0.05) is 6.92 Å². The third-order valence-electron chi connectivity index (χ3n) is 2.98. The first-order valence-corrected chi connectivity index (χ1v) is 7.67. The Morgan fingerprint density at radius 1 is 1.07 bits per heavy atom. The van der Waals surface area contributed by atoms with Gasteiger partial charge >= 0.3 is 11.9 Å². The molecule has 0 radical (unpaired) electrons. The van der Waals surface area contributed by atoms with Crippen molar-refractivity contribution in [2.24, 2.45) is 0 Å². The summed E-state index contributed by atoms with van der Waals surface area (Å²) < 4.78 is 10.2. The van der Waals surface area contributed by atoms with Crippen LogP contribution in [-0.2, 0) is 16.2 Å². The number of carbonyl (C=O) groups excluding carboxylic acids is 2. The molecule has 0 fully saturated rings. The van der Waals surface area contributed by atoms with Gasteiger partial charge in [-0.1, -0.05) is 12.1 Å². The molecular formula is C16H15N3O10. The molecule has 1 aromatic heterocycles. The van der Waals surface area contributed by atoms with Crippen molar-refractivity contribution >= 4 is 11.9 Å². The maximum absolute atomic E-state index is 12.3. The lowest BCUT2D eigenvalue weighted by Crippen LogP contribution is -2.13. The van der Waals surface area contributed by atoms with E-state index < -0.39 is 22.1 Å². The summed E-state index contributed by atoms with van der Waals surface area (Å²) in [7, 11) is 0. The van der Waals surface area contributed by atoms with E-state index in [1.165, 1.54) is 31.2 Å². The maximum Gasteiger partial charge on any atom is 0.347 e. The first-order chi connectivity index (χ1) is 13.6. The largest absolute Gasteiger partial charge is 0.426 e. The minimum atomic E-state index is -1.50. The highest BCUT2D eigenvalue weighted by Crippen LogP contribution is 2.22. The van der Waals surface area contributed by atoms with Crippen LogP contribution in [0, 0.1) is 27.2 Å². The molecule has 0 atom stereocenters. The van der Waals surface area contributed by atoms with Crippen LogP contribution >= 0.6 is 0 Å². The molecule has 0 saturated heterocycles. The molecule has 0 saturated carbocycles. The molecule has 1 aromatic carbocycles. The molecule has 0 spiro atoms. The van der Waals surface area contributed by atoms with Gasteiger partial charge in [-0.2, -0.15) is 0 Å². The highest BCUT2D eigenvalue weighted by atomic mass is 16.9. The predicted octanol–water partition coefficient (Wildman–Crippen LogP) is 1.90. The zero-order valence-electron chi connectivity index (χ0n) is 15.1. The predicted molar refractivity (Wildman–Crippen MR) is 92.2 cm³/mol. The summed E-state index contributed by atoms with van der Waals surface area (Å²) >= 11 is 0. The Hall–Kier alpha value is -4.29. The average Bonchev–Trinajstić information content (AvgIpc) is 2.61. The molecule has 2 aromatic rings. The van der Waals surface area contributed by atoms with E-state index in [-0.39, 0.29) is 23.7 Å². The molecule has 0 amide bonds. The summed E-state index contributed by atoms with van der Waals surface area (Å²) in [5.74, 6) is -1.03. The Balaban J connectivity index is 0.000000960. The molecule has 0 bridgehead atoms. The van der Waals surface area contributed by atoms with E-state index in [0.717, 1.165) is 0 Å². The number of rotatable bonds is 6. The van der Waals surface area contributed by atoms with Crippen LogP contribution in [0.15, 0.2) is 36.4 Å². The fraction of sp³-hybridized carbons (Fsp3) is 0.188. The van der Waals surface area contributed by atoms with Crippen LogP contribution < -0.4 is 9.47 Å². The minimum Gasteiger partial charge on any atom is -0.426 e. The van der Waals surface area contributed by atoms with Crippen molar-refractivity contribution in [1.82, 2.24) is 4.98 Å². The van der Waals surface area contributed by atoms with E-state index in [1.807, 2.05) is 0 Å². The summed E-state index contributed by atoms with van der Waals surface area (Å²) in [6.07, 6.45) is 0. The second kappa shape index (κ2) is 10.8. The van der Waals surface area contributed by atoms with E-state index in [1.54, 1.807) is 19.1 Å². The Morgan fingerprint density at radius 3 is 2.24 bits per heavy atom. The fourth-order valence-corrected chi connectivity index (χ4v) is 1.94. The Bertz CT molecular complexity index is 912. The van der Waals surface area contributed by atoms with E-state index in [9.17, 15) is 19.7 Å². The number of para-hydroxylation sites is 1. The molecule has 1 heterocycles. The standard InChI is InChI=1S/C16H14N2O7.HNO3/c1-10-14(8-7-12(17-10)9-23-18(21)22)25-16(20)13-5-3-4-6-15(13)24-11(2)19;2-1(3)4/h3-8H,9H2,1-2H3;(H,2,3,4). The summed E-state index contributed by atoms with van der Waals surface area (Å²) in [6.45, 7) is 2.50. The number of aromatic nitrogens is 1. The molecule has 0 aliphatic heterocycles. The van der Waals surface area contributed by atoms with Crippen molar-refractivity contribution in [2.45, 2.75) is 20.5 Å². The van der Waals surface area contributed by atoms with Crippen molar-refractivity contribution in [3.8, 4) is 11.5 Å². The third kappa shape index (κ3) is 8.29. The Kier molecular flexibility index (Phi) is 8.44. The van der Waals surface area contributed by atoms with Gasteiger partial charge in [0.25, 0.3) is 10.2 Å². The van der Waals surface area contributed by atoms with Crippen LogP contribution in [0.25, 0.3) is 0 Å². The zero-order chi connectivity index (χ0) is 22.0. The fourth-order valence-electron chi connectivity index (χ4n) is 1.94. The lowest BCUT2D eigenvalue weighted by Gasteiger charge is -2.10. The molecule has 13 heteroatoms. The SMILES string of the molecule is CC(=O)Oc1ccccc1C(=O)Oc1ccc(CO[N+](=O)[O-])nc1C.O=[N+]([O-])O. The van der Waals surface area contributed by atoms with Gasteiger partial charge in [-0.3, -0.25) is 9.78 Å². The van der Waals surface area contributed by atoms with Gasteiger partial charge in [-0.05, 0) is 31.2 Å². The summed E-state index contributed by atoms with van der Waals surface area (Å²) in [6, 6.07) is 9.05. The van der Waals surface area contributed by atoms with E-state index in [0.29, 0.717) is 11.4 Å². The number of pyridine rings is 1. The lowest BCUT2D eigenvalue weighted by atomic mass is 10.2. The minimum absolute atomic E-state index is 0.0814. The normalized spacial score (nSPS) is 9.45. The number of carbonyl (C=O) groups is 2. The average molecular weight is 409 g/mol. The molecule has 0 unspecified atom stereocenters. The number of benzene rings is 1. The van der Waals surface area contributed by atoms with Crippen molar-refractivity contribution in [3.05, 3.63) is 73.6 Å². The molecule has 13 nitrogen and oxygen atoms in total. The van der Waals surface area contributed by atoms with Gasteiger partial charge < -0.3 is 19.5 Å². The van der Waals surface area contributed by atoms with Gasteiger partial charge in [0.1, 0.15) is 17.9 Å². The maximum atomic E-state index is 12.3. The number of nitrogens with zero attached hydrogens (tertiary/aromatic N) is 3. The Labute approximate surface area is 162 Å². The summed E-state index contributed by atoms with van der Waals surface area (Å²) in [5.41, 5.74) is 0.745. The number of hydrogen-bond acceptors (Lipinski definition) is 10. The first-order valence-electron chi connectivity index (χ1n) is 7.67. The van der Waals surface area contributed by atoms with Crippen LogP contribution in [0.5, 0.6) is 11.5 Å². The van der Waals surface area contributed by atoms with Crippen LogP contribution in [0.4, 0.5) is 0 Å². The lowest BCUT2D eigenvalue weighted by molar-refractivity contribution is -0.763. The molecule has 0 aliphatic carbocycles. The number of aryl methyl sites for hydroxylation is 1. The van der Waals surface area contributed by atoms with Gasteiger partial charge in [-0.25, -0.2) is 4.79 Å². The van der Waals surface area contributed by atoms with E-state index >= 15 is 0 Å². The first kappa shape index (κ1) is 22.8. The van der Waals surface area contributed by atoms with Crippen LogP contribution in [0.2, 0.25) is 0 Å². The molecule has 0 aliphatic rings. The van der Waals surface area contributed by atoms with E-state index in [2.05, 4.69) is 9.82 Å². The molecule has 154 valence electrons. The second-order valence-electron chi connectivity index (χ2n) is 5.10. The summed E-state index contributed by atoms with van der Waals surface area (Å²) in [5, 5.41) is 22.9. The Morgan fingerprint density at radius 2 is 1.69 bits per heavy atom. The van der Waals surface area contributed by atoms with Crippen molar-refractivity contribution in [2.75, 3.05) is 0 Å². The van der Waals surface area contributed by atoms with Gasteiger partial charge in [-0.15, -0.1) is 20.2 Å². The molecular weight excluding hydrogens is 394 g/mol. The van der Waals surface area contributed by atoms with Gasteiger partial charge in [0.05, 0.1) is 11.4 Å². The highest BCUT2D eigenvalue weighted by molar-refractivity contribution is 5.94. The number of esters is 2. The van der Waals surface area contributed by atoms with Crippen molar-refractivity contribution < 1.29 is 39.3 Å². The van der Waals surface area contributed by atoms with Crippen molar-refractivity contribution in [3.63, 3.8) is 0 Å². The topological polar surface area (TPSA) is 181 Å². The molecule has 2 rings (SSSR count). The summed E-state index contributed by atoms with van der Waals surface area (Å²) in [4.78, 5) is 50.3. The highest BCUT2D eigenvalue weighted by Gasteiger charge is 2.17. The van der Waals surface area contributed by atoms with Gasteiger partial charge in [0.15, 0.2) is 5.75 Å². The zero-order valence-corrected chi connectivity index (χ0v) is 15.1. The van der Waals surface area contributed by atoms with E-state index in [4.69, 9.17) is 24.8 Å². The van der Waals surface area contributed by atoms with Crippen LogP contribution in [0.1, 0.15) is 28.7 Å². The quantitative estimate of drug-likeness (QED) is 0.318.